The minimum absolute atomic E-state index is 0.221. The predicted molar refractivity (Wildman–Crippen MR) is 71.8 cm³/mol. The molecular weight excluding hydrogens is 226 g/mol. The van der Waals surface area contributed by atoms with Gasteiger partial charge in [0.2, 0.25) is 0 Å². The van der Waals surface area contributed by atoms with Gasteiger partial charge in [0.15, 0.2) is 5.71 Å². The van der Waals surface area contributed by atoms with Gasteiger partial charge in [-0.2, -0.15) is 5.10 Å². The molecule has 1 N–H and O–H groups in total. The smallest absolute Gasteiger partial charge is 0.276 e. The third kappa shape index (κ3) is 1.88. The van der Waals surface area contributed by atoms with Crippen molar-refractivity contribution in [1.29, 1.82) is 0 Å². The minimum Gasteiger partial charge on any atom is -0.321 e. The van der Waals surface area contributed by atoms with Crippen LogP contribution in [0.2, 0.25) is 0 Å². The molecule has 1 heterocycles. The molecule has 0 atom stereocenters. The lowest BCUT2D eigenvalue weighted by atomic mass is 9.98. The standard InChI is InChI=1S/C14H11N3O/c18-14(15-10-6-2-1-3-7-10)13-11-8-4-5-9-12(11)16-17-13/h1-8H,9H2,(H,15,18). The normalized spacial score (nSPS) is 16.6. The van der Waals surface area contributed by atoms with Crippen molar-refractivity contribution >= 4 is 23.0 Å². The van der Waals surface area contributed by atoms with Crippen molar-refractivity contribution < 1.29 is 4.79 Å². The summed E-state index contributed by atoms with van der Waals surface area (Å²) in [7, 11) is 0. The van der Waals surface area contributed by atoms with Gasteiger partial charge in [0, 0.05) is 17.7 Å². The topological polar surface area (TPSA) is 53.8 Å². The fourth-order valence-electron chi connectivity index (χ4n) is 1.90. The van der Waals surface area contributed by atoms with Crippen LogP contribution in [0, 0.1) is 0 Å². The van der Waals surface area contributed by atoms with Crippen LogP contribution in [-0.2, 0) is 4.79 Å². The van der Waals surface area contributed by atoms with E-state index in [1.54, 1.807) is 0 Å². The van der Waals surface area contributed by atoms with Gasteiger partial charge >= 0.3 is 0 Å². The Morgan fingerprint density at radius 3 is 2.83 bits per heavy atom. The Kier molecular flexibility index (Phi) is 2.61. The molecule has 0 aromatic heterocycles. The number of nitrogens with zero attached hydrogens (tertiary/aromatic N) is 2. The number of nitrogens with one attached hydrogen (secondary N) is 1. The first-order valence-electron chi connectivity index (χ1n) is 5.73. The van der Waals surface area contributed by atoms with Gasteiger partial charge in [-0.05, 0) is 12.1 Å². The van der Waals surface area contributed by atoms with Crippen LogP contribution in [-0.4, -0.2) is 17.3 Å². The highest BCUT2D eigenvalue weighted by atomic mass is 16.2. The Morgan fingerprint density at radius 1 is 1.17 bits per heavy atom. The van der Waals surface area contributed by atoms with E-state index in [2.05, 4.69) is 15.5 Å². The van der Waals surface area contributed by atoms with Crippen LogP contribution in [0.3, 0.4) is 0 Å². The molecule has 0 saturated heterocycles. The van der Waals surface area contributed by atoms with E-state index in [1.807, 2.05) is 48.6 Å². The molecule has 0 saturated carbocycles. The maximum Gasteiger partial charge on any atom is 0.276 e. The molecule has 0 fully saturated rings. The molecule has 4 heteroatoms. The predicted octanol–water partition coefficient (Wildman–Crippen LogP) is 2.32. The highest BCUT2D eigenvalue weighted by molar-refractivity contribution is 6.55. The third-order valence-electron chi connectivity index (χ3n) is 2.79. The van der Waals surface area contributed by atoms with E-state index >= 15 is 0 Å². The number of anilines is 1. The van der Waals surface area contributed by atoms with E-state index in [1.165, 1.54) is 0 Å². The summed E-state index contributed by atoms with van der Waals surface area (Å²) in [5.74, 6) is -0.221. The molecule has 1 aromatic rings. The number of hydrogen-bond acceptors (Lipinski definition) is 3. The first kappa shape index (κ1) is 10.7. The lowest BCUT2D eigenvalue weighted by Crippen LogP contribution is -2.25. The average molecular weight is 237 g/mol. The lowest BCUT2D eigenvalue weighted by molar-refractivity contribution is -0.110. The summed E-state index contributed by atoms with van der Waals surface area (Å²) in [6.07, 6.45) is 6.52. The summed E-state index contributed by atoms with van der Waals surface area (Å²) < 4.78 is 0. The molecule has 0 radical (unpaired) electrons. The number of carbonyl (C=O) groups excluding carboxylic acids is 1. The van der Waals surface area contributed by atoms with Gasteiger partial charge in [0.05, 0.1) is 5.71 Å². The van der Waals surface area contributed by atoms with Gasteiger partial charge in [-0.25, -0.2) is 0 Å². The zero-order valence-corrected chi connectivity index (χ0v) is 9.63. The summed E-state index contributed by atoms with van der Waals surface area (Å²) in [5.41, 5.74) is 2.82. The van der Waals surface area contributed by atoms with Gasteiger partial charge in [-0.15, -0.1) is 5.10 Å². The van der Waals surface area contributed by atoms with Crippen molar-refractivity contribution in [1.82, 2.24) is 0 Å². The molecule has 3 rings (SSSR count). The minimum atomic E-state index is -0.221. The van der Waals surface area contributed by atoms with Gasteiger partial charge in [0.25, 0.3) is 5.91 Å². The summed E-state index contributed by atoms with van der Waals surface area (Å²) in [5, 5.41) is 10.8. The summed E-state index contributed by atoms with van der Waals surface area (Å²) in [4.78, 5) is 12.1. The molecule has 1 aliphatic carbocycles. The fraction of sp³-hybridized carbons (Fsp3) is 0.0714. The molecule has 1 amide bonds. The van der Waals surface area contributed by atoms with Gasteiger partial charge < -0.3 is 5.32 Å². The molecule has 18 heavy (non-hydrogen) atoms. The van der Waals surface area contributed by atoms with E-state index < -0.39 is 0 Å². The Bertz CT molecular complexity index is 609. The maximum atomic E-state index is 12.1. The van der Waals surface area contributed by atoms with Crippen molar-refractivity contribution in [3.8, 4) is 0 Å². The van der Waals surface area contributed by atoms with Crippen molar-refractivity contribution in [2.75, 3.05) is 5.32 Å². The van der Waals surface area contributed by atoms with Crippen molar-refractivity contribution in [2.45, 2.75) is 6.42 Å². The van der Waals surface area contributed by atoms with Crippen LogP contribution < -0.4 is 5.32 Å². The third-order valence-corrected chi connectivity index (χ3v) is 2.79. The molecule has 4 nitrogen and oxygen atoms in total. The van der Waals surface area contributed by atoms with E-state index in [9.17, 15) is 4.79 Å². The molecule has 0 unspecified atom stereocenters. The number of rotatable bonds is 2. The molecular formula is C14H11N3O. The average Bonchev–Trinajstić information content (AvgIpc) is 2.84. The number of benzene rings is 1. The maximum absolute atomic E-state index is 12.1. The number of allylic oxidation sites excluding steroid dienone is 3. The Hall–Kier alpha value is -2.49. The van der Waals surface area contributed by atoms with Crippen LogP contribution in [0.15, 0.2) is 64.3 Å². The van der Waals surface area contributed by atoms with Gasteiger partial charge in [-0.3, -0.25) is 4.79 Å². The van der Waals surface area contributed by atoms with Crippen LogP contribution in [0.25, 0.3) is 0 Å². The monoisotopic (exact) mass is 237 g/mol. The van der Waals surface area contributed by atoms with E-state index in [-0.39, 0.29) is 5.91 Å². The van der Waals surface area contributed by atoms with Gasteiger partial charge in [0.1, 0.15) is 0 Å². The molecule has 1 aromatic carbocycles. The highest BCUT2D eigenvalue weighted by Crippen LogP contribution is 2.18. The van der Waals surface area contributed by atoms with Crippen molar-refractivity contribution in [2.24, 2.45) is 10.2 Å². The molecule has 0 spiro atoms. The Morgan fingerprint density at radius 2 is 2.00 bits per heavy atom. The zero-order chi connectivity index (χ0) is 12.4. The first-order valence-corrected chi connectivity index (χ1v) is 5.73. The number of hydrogen-bond donors (Lipinski definition) is 1. The fourth-order valence-corrected chi connectivity index (χ4v) is 1.90. The zero-order valence-electron chi connectivity index (χ0n) is 9.63. The second-order valence-corrected chi connectivity index (χ2v) is 4.03. The van der Waals surface area contributed by atoms with E-state index in [0.717, 1.165) is 23.4 Å². The van der Waals surface area contributed by atoms with Crippen LogP contribution in [0.5, 0.6) is 0 Å². The Balaban J connectivity index is 1.79. The summed E-state index contributed by atoms with van der Waals surface area (Å²) >= 11 is 0. The summed E-state index contributed by atoms with van der Waals surface area (Å²) in [6.45, 7) is 0. The van der Waals surface area contributed by atoms with E-state index in [0.29, 0.717) is 5.71 Å². The highest BCUT2D eigenvalue weighted by Gasteiger charge is 2.25. The number of para-hydroxylation sites is 1. The Labute approximate surface area is 104 Å². The molecule has 2 aliphatic rings. The second kappa shape index (κ2) is 4.41. The number of carbonyl (C=O) groups is 1. The second-order valence-electron chi connectivity index (χ2n) is 4.03. The van der Waals surface area contributed by atoms with Crippen molar-refractivity contribution in [3.63, 3.8) is 0 Å². The van der Waals surface area contributed by atoms with E-state index in [4.69, 9.17) is 0 Å². The SMILES string of the molecule is O=C(Nc1ccccc1)C1=NN=C2CC=CC=C21. The first-order chi connectivity index (χ1) is 8.84. The molecule has 0 bridgehead atoms. The molecule has 1 aliphatic heterocycles. The quantitative estimate of drug-likeness (QED) is 0.843. The molecule has 88 valence electrons. The summed E-state index contributed by atoms with van der Waals surface area (Å²) in [6, 6.07) is 9.32. The number of fused-ring (bicyclic) bond motifs is 1. The van der Waals surface area contributed by atoms with Gasteiger partial charge in [-0.1, -0.05) is 36.4 Å². The van der Waals surface area contributed by atoms with Crippen LogP contribution >= 0.6 is 0 Å². The number of amides is 1. The van der Waals surface area contributed by atoms with Crippen LogP contribution in [0.1, 0.15) is 6.42 Å². The van der Waals surface area contributed by atoms with Crippen LogP contribution in [0.4, 0.5) is 5.69 Å². The van der Waals surface area contributed by atoms with Crippen molar-refractivity contribution in [3.05, 3.63) is 54.1 Å². The largest absolute Gasteiger partial charge is 0.321 e. The lowest BCUT2D eigenvalue weighted by Gasteiger charge is -2.08.